The molecule has 0 aliphatic heterocycles. The van der Waals surface area contributed by atoms with Crippen LogP contribution in [0.3, 0.4) is 0 Å². The second-order valence-corrected chi connectivity index (χ2v) is 8.01. The molecule has 1 fully saturated rings. The molecule has 2 heteroatoms. The second-order valence-electron chi connectivity index (χ2n) is 8.01. The van der Waals surface area contributed by atoms with Gasteiger partial charge in [-0.15, -0.1) is 0 Å². The molecule has 1 saturated carbocycles. The topological polar surface area (TPSA) is 0 Å². The van der Waals surface area contributed by atoms with Gasteiger partial charge in [0.15, 0.2) is 0 Å². The van der Waals surface area contributed by atoms with Gasteiger partial charge in [-0.05, 0) is 73.3 Å². The molecule has 28 heavy (non-hydrogen) atoms. The summed E-state index contributed by atoms with van der Waals surface area (Å²) in [5.74, 6) is 5.83. The fourth-order valence-corrected chi connectivity index (χ4v) is 3.99. The molecule has 0 spiro atoms. The highest BCUT2D eigenvalue weighted by molar-refractivity contribution is 5.65. The zero-order valence-corrected chi connectivity index (χ0v) is 17.0. The van der Waals surface area contributed by atoms with Crippen LogP contribution in [-0.4, -0.2) is 0 Å². The molecule has 0 heterocycles. The Bertz CT molecular complexity index is 808. The first-order valence-corrected chi connectivity index (χ1v) is 10.7. The summed E-state index contributed by atoms with van der Waals surface area (Å²) in [4.78, 5) is 0. The molecule has 2 aromatic rings. The molecule has 0 saturated heterocycles. The Labute approximate surface area is 168 Å². The molecule has 0 aromatic heterocycles. The van der Waals surface area contributed by atoms with Crippen LogP contribution in [0, 0.1) is 35.3 Å². The lowest BCUT2D eigenvalue weighted by Gasteiger charge is -2.24. The third-order valence-electron chi connectivity index (χ3n) is 5.97. The third kappa shape index (κ3) is 5.22. The molecule has 0 nitrogen and oxygen atoms in total. The van der Waals surface area contributed by atoms with Crippen LogP contribution < -0.4 is 0 Å². The van der Waals surface area contributed by atoms with Crippen molar-refractivity contribution in [2.45, 2.75) is 65.2 Å². The third-order valence-corrected chi connectivity index (χ3v) is 5.97. The lowest BCUT2D eigenvalue weighted by molar-refractivity contribution is 0.309. The first kappa shape index (κ1) is 20.6. The normalized spacial score (nSPS) is 19.1. The smallest absolute Gasteiger partial charge is 0.142 e. The summed E-state index contributed by atoms with van der Waals surface area (Å²) in [5.41, 5.74) is 2.55. The van der Waals surface area contributed by atoms with Crippen molar-refractivity contribution in [1.82, 2.24) is 0 Å². The zero-order valence-electron chi connectivity index (χ0n) is 17.0. The van der Waals surface area contributed by atoms with Crippen LogP contribution >= 0.6 is 0 Å². The fraction of sp³-hybridized carbons (Fsp3) is 0.462. The SMILES string of the molecule is CCCCc1ccc(-c2cc(F)c(C#CC3CCC(CC)CC3)c(F)c2)cc1. The second kappa shape index (κ2) is 9.87. The lowest BCUT2D eigenvalue weighted by Crippen LogP contribution is -2.12. The molecular weight excluding hydrogens is 350 g/mol. The molecule has 3 rings (SSSR count). The Kier molecular flexibility index (Phi) is 7.26. The van der Waals surface area contributed by atoms with Gasteiger partial charge in [-0.25, -0.2) is 8.78 Å². The molecule has 0 unspecified atom stereocenters. The van der Waals surface area contributed by atoms with E-state index in [0.717, 1.165) is 43.6 Å². The first-order chi connectivity index (χ1) is 13.6. The summed E-state index contributed by atoms with van der Waals surface area (Å²) < 4.78 is 29.1. The van der Waals surface area contributed by atoms with Crippen molar-refractivity contribution in [2.24, 2.45) is 11.8 Å². The van der Waals surface area contributed by atoms with Crippen molar-refractivity contribution in [3.8, 4) is 23.0 Å². The van der Waals surface area contributed by atoms with E-state index in [0.29, 0.717) is 5.56 Å². The maximum Gasteiger partial charge on any atom is 0.142 e. The minimum absolute atomic E-state index is 0.0964. The van der Waals surface area contributed by atoms with E-state index in [9.17, 15) is 8.78 Å². The molecule has 0 N–H and O–H groups in total. The molecule has 0 radical (unpaired) electrons. The fourth-order valence-electron chi connectivity index (χ4n) is 3.99. The number of halogens is 2. The molecule has 0 amide bonds. The largest absolute Gasteiger partial charge is 0.205 e. The highest BCUT2D eigenvalue weighted by atomic mass is 19.1. The Balaban J connectivity index is 1.74. The van der Waals surface area contributed by atoms with E-state index in [1.54, 1.807) is 0 Å². The van der Waals surface area contributed by atoms with E-state index in [-0.39, 0.29) is 11.5 Å². The average Bonchev–Trinajstić information content (AvgIpc) is 2.72. The van der Waals surface area contributed by atoms with Gasteiger partial charge in [-0.2, -0.15) is 0 Å². The maximum absolute atomic E-state index is 14.6. The number of hydrogen-bond donors (Lipinski definition) is 0. The monoisotopic (exact) mass is 380 g/mol. The summed E-state index contributed by atoms with van der Waals surface area (Å²) in [7, 11) is 0. The molecule has 1 aliphatic rings. The van der Waals surface area contributed by atoms with Gasteiger partial charge in [0.1, 0.15) is 11.6 Å². The maximum atomic E-state index is 14.6. The van der Waals surface area contributed by atoms with Gasteiger partial charge in [0, 0.05) is 5.92 Å². The molecule has 0 bridgehead atoms. The van der Waals surface area contributed by atoms with E-state index in [1.165, 1.54) is 37.0 Å². The van der Waals surface area contributed by atoms with Gasteiger partial charge in [0.2, 0.25) is 0 Å². The molecular formula is C26H30F2. The Hall–Kier alpha value is -2.14. The minimum Gasteiger partial charge on any atom is -0.205 e. The van der Waals surface area contributed by atoms with E-state index >= 15 is 0 Å². The molecule has 148 valence electrons. The lowest BCUT2D eigenvalue weighted by atomic mass is 9.81. The van der Waals surface area contributed by atoms with E-state index in [4.69, 9.17) is 0 Å². The van der Waals surface area contributed by atoms with Crippen molar-refractivity contribution in [2.75, 3.05) is 0 Å². The summed E-state index contributed by atoms with van der Waals surface area (Å²) in [6.07, 6.45) is 8.98. The van der Waals surface area contributed by atoms with Gasteiger partial charge in [-0.1, -0.05) is 62.8 Å². The van der Waals surface area contributed by atoms with Gasteiger partial charge in [0.05, 0.1) is 5.56 Å². The summed E-state index contributed by atoms with van der Waals surface area (Å²) in [6, 6.07) is 10.8. The zero-order chi connectivity index (χ0) is 19.9. The van der Waals surface area contributed by atoms with Gasteiger partial charge >= 0.3 is 0 Å². The van der Waals surface area contributed by atoms with E-state index in [2.05, 4.69) is 25.7 Å². The van der Waals surface area contributed by atoms with Crippen LogP contribution in [0.25, 0.3) is 11.1 Å². The van der Waals surface area contributed by atoms with Crippen LogP contribution in [0.1, 0.15) is 69.9 Å². The number of rotatable bonds is 5. The number of hydrogen-bond acceptors (Lipinski definition) is 0. The van der Waals surface area contributed by atoms with Gasteiger partial charge in [0.25, 0.3) is 0 Å². The predicted octanol–water partition coefficient (Wildman–Crippen LogP) is 7.54. The van der Waals surface area contributed by atoms with Crippen molar-refractivity contribution >= 4 is 0 Å². The van der Waals surface area contributed by atoms with Crippen molar-refractivity contribution in [1.29, 1.82) is 0 Å². The summed E-state index contributed by atoms with van der Waals surface area (Å²) in [6.45, 7) is 4.39. The Morgan fingerprint density at radius 1 is 0.893 bits per heavy atom. The molecule has 2 aromatic carbocycles. The van der Waals surface area contributed by atoms with E-state index in [1.807, 2.05) is 24.3 Å². The predicted molar refractivity (Wildman–Crippen MR) is 113 cm³/mol. The highest BCUT2D eigenvalue weighted by Crippen LogP contribution is 2.30. The van der Waals surface area contributed by atoms with Crippen molar-refractivity contribution in [3.63, 3.8) is 0 Å². The summed E-state index contributed by atoms with van der Waals surface area (Å²) >= 11 is 0. The van der Waals surface area contributed by atoms with Crippen molar-refractivity contribution in [3.05, 3.63) is 59.2 Å². The van der Waals surface area contributed by atoms with Crippen LogP contribution in [0.15, 0.2) is 36.4 Å². The van der Waals surface area contributed by atoms with Crippen LogP contribution in [0.2, 0.25) is 0 Å². The quantitative estimate of drug-likeness (QED) is 0.470. The van der Waals surface area contributed by atoms with Gasteiger partial charge in [-0.3, -0.25) is 0 Å². The van der Waals surface area contributed by atoms with Crippen LogP contribution in [0.4, 0.5) is 8.78 Å². The number of unbranched alkanes of at least 4 members (excludes halogenated alkanes) is 1. The molecule has 0 atom stereocenters. The Morgan fingerprint density at radius 2 is 1.54 bits per heavy atom. The standard InChI is InChI=1S/C26H30F2/c1-3-5-6-20-11-14-22(15-12-20)23-17-25(27)24(26(28)18-23)16-13-21-9-7-19(4-2)8-10-21/h11-12,14-15,17-19,21H,3-10H2,1-2H3. The van der Waals surface area contributed by atoms with Crippen LogP contribution in [0.5, 0.6) is 0 Å². The first-order valence-electron chi connectivity index (χ1n) is 10.7. The van der Waals surface area contributed by atoms with E-state index < -0.39 is 11.6 Å². The molecule has 1 aliphatic carbocycles. The van der Waals surface area contributed by atoms with Crippen molar-refractivity contribution < 1.29 is 8.78 Å². The minimum atomic E-state index is -0.570. The Morgan fingerprint density at radius 3 is 2.11 bits per heavy atom. The van der Waals surface area contributed by atoms with Crippen LogP contribution in [-0.2, 0) is 6.42 Å². The average molecular weight is 381 g/mol. The number of aryl methyl sites for hydroxylation is 1. The highest BCUT2D eigenvalue weighted by Gasteiger charge is 2.18. The summed E-state index contributed by atoms with van der Waals surface area (Å²) in [5, 5.41) is 0. The number of benzene rings is 2. The van der Waals surface area contributed by atoms with Gasteiger partial charge < -0.3 is 0 Å².